The van der Waals surface area contributed by atoms with E-state index < -0.39 is 0 Å². The molecule has 2 aromatic rings. The van der Waals surface area contributed by atoms with Gasteiger partial charge in [-0.2, -0.15) is 0 Å². The summed E-state index contributed by atoms with van der Waals surface area (Å²) in [6.45, 7) is 6.69. The third-order valence-corrected chi connectivity index (χ3v) is 4.42. The predicted molar refractivity (Wildman–Crippen MR) is 101 cm³/mol. The van der Waals surface area contributed by atoms with Crippen molar-refractivity contribution < 1.29 is 9.53 Å². The van der Waals surface area contributed by atoms with Crippen molar-refractivity contribution >= 4 is 11.7 Å². The molecule has 0 saturated carbocycles. The van der Waals surface area contributed by atoms with E-state index in [0.717, 1.165) is 23.2 Å². The Morgan fingerprint density at radius 1 is 1.20 bits per heavy atom. The molecule has 1 heterocycles. The van der Waals surface area contributed by atoms with Crippen molar-refractivity contribution in [2.75, 3.05) is 19.0 Å². The highest BCUT2D eigenvalue weighted by Gasteiger charge is 2.22. The molecule has 5 nitrogen and oxygen atoms in total. The van der Waals surface area contributed by atoms with Gasteiger partial charge in [-0.3, -0.25) is 4.98 Å². The largest absolute Gasteiger partial charge is 0.377 e. The number of carbonyl (C=O) groups excluding carboxylic acids is 1. The summed E-state index contributed by atoms with van der Waals surface area (Å²) >= 11 is 0. The van der Waals surface area contributed by atoms with Gasteiger partial charge in [0.1, 0.15) is 0 Å². The van der Waals surface area contributed by atoms with Crippen molar-refractivity contribution in [2.45, 2.75) is 39.3 Å². The van der Waals surface area contributed by atoms with E-state index in [9.17, 15) is 4.79 Å². The number of pyridine rings is 1. The second kappa shape index (κ2) is 9.18. The first-order valence-corrected chi connectivity index (χ1v) is 8.71. The van der Waals surface area contributed by atoms with Gasteiger partial charge in [-0.05, 0) is 55.7 Å². The number of carbonyl (C=O) groups is 1. The summed E-state index contributed by atoms with van der Waals surface area (Å²) in [5.74, 6) is 0. The van der Waals surface area contributed by atoms with Crippen molar-refractivity contribution in [2.24, 2.45) is 0 Å². The van der Waals surface area contributed by atoms with Crippen LogP contribution < -0.4 is 5.32 Å². The lowest BCUT2D eigenvalue weighted by Crippen LogP contribution is -2.37. The van der Waals surface area contributed by atoms with E-state index in [2.05, 4.69) is 17.2 Å². The number of benzene rings is 1. The number of hydrogen-bond acceptors (Lipinski definition) is 3. The molecular weight excluding hydrogens is 314 g/mol. The summed E-state index contributed by atoms with van der Waals surface area (Å²) in [6.07, 6.45) is 4.35. The van der Waals surface area contributed by atoms with E-state index in [1.54, 1.807) is 19.5 Å². The van der Waals surface area contributed by atoms with Gasteiger partial charge in [0.15, 0.2) is 0 Å². The minimum Gasteiger partial charge on any atom is -0.377 e. The highest BCUT2D eigenvalue weighted by atomic mass is 16.5. The van der Waals surface area contributed by atoms with Gasteiger partial charge in [-0.25, -0.2) is 4.79 Å². The van der Waals surface area contributed by atoms with Crippen LogP contribution in [0.5, 0.6) is 0 Å². The van der Waals surface area contributed by atoms with E-state index in [4.69, 9.17) is 4.74 Å². The topological polar surface area (TPSA) is 54.5 Å². The van der Waals surface area contributed by atoms with Crippen LogP contribution in [0.2, 0.25) is 0 Å². The Morgan fingerprint density at radius 3 is 2.52 bits per heavy atom. The summed E-state index contributed by atoms with van der Waals surface area (Å²) in [4.78, 5) is 18.7. The Hall–Kier alpha value is -2.40. The number of nitrogens with one attached hydrogen (secondary N) is 1. The van der Waals surface area contributed by atoms with Gasteiger partial charge in [0.05, 0.1) is 12.1 Å². The molecule has 5 heteroatoms. The molecule has 2 rings (SSSR count). The lowest BCUT2D eigenvalue weighted by molar-refractivity contribution is 0.119. The van der Waals surface area contributed by atoms with Gasteiger partial charge in [-0.15, -0.1) is 0 Å². The molecule has 25 heavy (non-hydrogen) atoms. The zero-order valence-corrected chi connectivity index (χ0v) is 15.4. The first kappa shape index (κ1) is 18.9. The van der Waals surface area contributed by atoms with Crippen LogP contribution in [0.15, 0.2) is 48.8 Å². The monoisotopic (exact) mass is 341 g/mol. The molecule has 0 saturated heterocycles. The lowest BCUT2D eigenvalue weighted by Gasteiger charge is -2.30. The van der Waals surface area contributed by atoms with Crippen LogP contribution in [-0.4, -0.2) is 29.6 Å². The van der Waals surface area contributed by atoms with Crippen molar-refractivity contribution in [1.29, 1.82) is 0 Å². The van der Waals surface area contributed by atoms with Gasteiger partial charge in [0.2, 0.25) is 0 Å². The first-order valence-electron chi connectivity index (χ1n) is 8.71. The summed E-state index contributed by atoms with van der Waals surface area (Å²) < 4.78 is 5.35. The van der Waals surface area contributed by atoms with Crippen LogP contribution in [0.1, 0.15) is 50.5 Å². The molecule has 0 radical (unpaired) electrons. The fourth-order valence-electron chi connectivity index (χ4n) is 2.93. The summed E-state index contributed by atoms with van der Waals surface area (Å²) in [5, 5.41) is 3.01. The Bertz CT molecular complexity index is 676. The van der Waals surface area contributed by atoms with E-state index in [1.807, 2.05) is 55.1 Å². The molecule has 1 aromatic carbocycles. The maximum Gasteiger partial charge on any atom is 0.322 e. The molecule has 0 aliphatic carbocycles. The third kappa shape index (κ3) is 4.79. The van der Waals surface area contributed by atoms with Crippen molar-refractivity contribution in [1.82, 2.24) is 9.88 Å². The van der Waals surface area contributed by atoms with Crippen molar-refractivity contribution in [3.8, 4) is 0 Å². The molecule has 0 aliphatic rings. The third-order valence-electron chi connectivity index (χ3n) is 4.42. The minimum absolute atomic E-state index is 0.0145. The number of nitrogens with zero attached hydrogens (tertiary/aromatic N) is 2. The van der Waals surface area contributed by atoms with E-state index >= 15 is 0 Å². The average Bonchev–Trinajstić information content (AvgIpc) is 2.66. The molecule has 1 aromatic heterocycles. The smallest absolute Gasteiger partial charge is 0.322 e. The molecule has 2 amide bonds. The SMILES string of the molecule is CC[C@H](c1ccncc1)N(CC)C(=O)Nc1cccc([C@@H](C)OC)c1. The van der Waals surface area contributed by atoms with Crippen LogP contribution >= 0.6 is 0 Å². The number of methoxy groups -OCH3 is 1. The molecular formula is C20H27N3O2. The van der Waals surface area contributed by atoms with Gasteiger partial charge in [0.25, 0.3) is 0 Å². The minimum atomic E-state index is -0.103. The maximum absolute atomic E-state index is 12.8. The van der Waals surface area contributed by atoms with E-state index in [0.29, 0.717) is 6.54 Å². The molecule has 134 valence electrons. The second-order valence-corrected chi connectivity index (χ2v) is 5.92. The highest BCUT2D eigenvalue weighted by molar-refractivity contribution is 5.89. The second-order valence-electron chi connectivity index (χ2n) is 5.92. The fraction of sp³-hybridized carbons (Fsp3) is 0.400. The number of hydrogen-bond donors (Lipinski definition) is 1. The van der Waals surface area contributed by atoms with Crippen LogP contribution in [0.3, 0.4) is 0 Å². The summed E-state index contributed by atoms with van der Waals surface area (Å²) in [7, 11) is 1.68. The molecule has 0 bridgehead atoms. The number of ether oxygens (including phenoxy) is 1. The molecule has 2 atom stereocenters. The predicted octanol–water partition coefficient (Wildman–Crippen LogP) is 4.79. The number of urea groups is 1. The zero-order chi connectivity index (χ0) is 18.2. The highest BCUT2D eigenvalue weighted by Crippen LogP contribution is 2.25. The summed E-state index contributed by atoms with van der Waals surface area (Å²) in [5.41, 5.74) is 2.90. The van der Waals surface area contributed by atoms with Crippen molar-refractivity contribution in [3.05, 3.63) is 59.9 Å². The Morgan fingerprint density at radius 2 is 1.92 bits per heavy atom. The summed E-state index contributed by atoms with van der Waals surface area (Å²) in [6, 6.07) is 11.6. The number of aromatic nitrogens is 1. The van der Waals surface area contributed by atoms with Crippen LogP contribution in [-0.2, 0) is 4.74 Å². The standard InChI is InChI=1S/C20H27N3O2/c1-5-19(16-10-12-21-13-11-16)23(6-2)20(24)22-18-9-7-8-17(14-18)15(3)25-4/h7-15,19H,5-6H2,1-4H3,(H,22,24)/t15-,19-/m1/s1. The number of rotatable bonds is 7. The molecule has 1 N–H and O–H groups in total. The quantitative estimate of drug-likeness (QED) is 0.787. The van der Waals surface area contributed by atoms with Crippen LogP contribution in [0, 0.1) is 0 Å². The average molecular weight is 341 g/mol. The van der Waals surface area contributed by atoms with Gasteiger partial charge < -0.3 is 15.0 Å². The van der Waals surface area contributed by atoms with E-state index in [-0.39, 0.29) is 18.2 Å². The first-order chi connectivity index (χ1) is 12.1. The Labute approximate surface area is 150 Å². The van der Waals surface area contributed by atoms with Gasteiger partial charge in [-0.1, -0.05) is 19.1 Å². The zero-order valence-electron chi connectivity index (χ0n) is 15.4. The van der Waals surface area contributed by atoms with Crippen molar-refractivity contribution in [3.63, 3.8) is 0 Å². The number of amides is 2. The molecule has 0 fully saturated rings. The Balaban J connectivity index is 2.17. The molecule has 0 spiro atoms. The lowest BCUT2D eigenvalue weighted by atomic mass is 10.0. The van der Waals surface area contributed by atoms with Gasteiger partial charge >= 0.3 is 6.03 Å². The molecule has 0 unspecified atom stereocenters. The fourth-order valence-corrected chi connectivity index (χ4v) is 2.93. The maximum atomic E-state index is 12.8. The van der Waals surface area contributed by atoms with Crippen LogP contribution in [0.25, 0.3) is 0 Å². The van der Waals surface area contributed by atoms with Crippen LogP contribution in [0.4, 0.5) is 10.5 Å². The molecule has 0 aliphatic heterocycles. The Kier molecular flexibility index (Phi) is 6.95. The van der Waals surface area contributed by atoms with Gasteiger partial charge in [0, 0.05) is 31.7 Å². The van der Waals surface area contributed by atoms with E-state index in [1.165, 1.54) is 0 Å². The normalized spacial score (nSPS) is 13.1. The number of anilines is 1.